The third-order valence-electron chi connectivity index (χ3n) is 3.35. The third-order valence-corrected chi connectivity index (χ3v) is 3.35. The van der Waals surface area contributed by atoms with Gasteiger partial charge in [0.05, 0.1) is 5.56 Å². The zero-order valence-electron chi connectivity index (χ0n) is 10.4. The molecule has 0 bridgehead atoms. The molecular weight excluding hydrogens is 214 g/mol. The van der Waals surface area contributed by atoms with Gasteiger partial charge in [-0.25, -0.2) is 4.79 Å². The van der Waals surface area contributed by atoms with Crippen molar-refractivity contribution >= 4 is 11.7 Å². The van der Waals surface area contributed by atoms with Crippen LogP contribution in [0.25, 0.3) is 0 Å². The van der Waals surface area contributed by atoms with Gasteiger partial charge in [-0.3, -0.25) is 0 Å². The maximum atomic E-state index is 11.0. The molecule has 0 atom stereocenters. The highest BCUT2D eigenvalue weighted by Crippen LogP contribution is 2.31. The number of benzene rings is 1. The Morgan fingerprint density at radius 2 is 1.94 bits per heavy atom. The SMILES string of the molecule is CC(C)c1ccc(C(=O)O)cc1N1CCCC1. The Kier molecular flexibility index (Phi) is 3.36. The van der Waals surface area contributed by atoms with Gasteiger partial charge in [-0.1, -0.05) is 19.9 Å². The van der Waals surface area contributed by atoms with Gasteiger partial charge in [0, 0.05) is 18.8 Å². The van der Waals surface area contributed by atoms with E-state index in [-0.39, 0.29) is 0 Å². The number of hydrogen-bond acceptors (Lipinski definition) is 2. The number of anilines is 1. The van der Waals surface area contributed by atoms with Crippen LogP contribution < -0.4 is 4.90 Å². The number of nitrogens with zero attached hydrogens (tertiary/aromatic N) is 1. The van der Waals surface area contributed by atoms with Crippen LogP contribution in [-0.2, 0) is 0 Å². The Bertz CT molecular complexity index is 420. The molecule has 0 aliphatic carbocycles. The fourth-order valence-corrected chi connectivity index (χ4v) is 2.40. The lowest BCUT2D eigenvalue weighted by Gasteiger charge is -2.23. The molecule has 1 aliphatic heterocycles. The summed E-state index contributed by atoms with van der Waals surface area (Å²) in [6.07, 6.45) is 2.41. The molecule has 0 unspecified atom stereocenters. The zero-order chi connectivity index (χ0) is 12.4. The smallest absolute Gasteiger partial charge is 0.335 e. The normalized spacial score (nSPS) is 15.6. The second-order valence-electron chi connectivity index (χ2n) is 4.93. The van der Waals surface area contributed by atoms with Crippen molar-refractivity contribution in [3.63, 3.8) is 0 Å². The Hall–Kier alpha value is -1.51. The van der Waals surface area contributed by atoms with Crippen LogP contribution >= 0.6 is 0 Å². The van der Waals surface area contributed by atoms with Crippen molar-refractivity contribution in [1.29, 1.82) is 0 Å². The molecule has 92 valence electrons. The molecule has 0 saturated carbocycles. The van der Waals surface area contributed by atoms with Crippen LogP contribution in [-0.4, -0.2) is 24.2 Å². The summed E-state index contributed by atoms with van der Waals surface area (Å²) in [5, 5.41) is 9.06. The highest BCUT2D eigenvalue weighted by atomic mass is 16.4. The van der Waals surface area contributed by atoms with E-state index in [0.29, 0.717) is 11.5 Å². The summed E-state index contributed by atoms with van der Waals surface area (Å²) in [6.45, 7) is 6.39. The quantitative estimate of drug-likeness (QED) is 0.872. The maximum Gasteiger partial charge on any atom is 0.335 e. The summed E-state index contributed by atoms with van der Waals surface area (Å²) in [6, 6.07) is 5.49. The number of carbonyl (C=O) groups is 1. The van der Waals surface area contributed by atoms with Gasteiger partial charge in [-0.05, 0) is 36.5 Å². The van der Waals surface area contributed by atoms with Crippen LogP contribution in [0, 0.1) is 0 Å². The molecular formula is C14H19NO2. The molecule has 1 fully saturated rings. The second kappa shape index (κ2) is 4.78. The molecule has 0 amide bonds. The highest BCUT2D eigenvalue weighted by molar-refractivity contribution is 5.89. The lowest BCUT2D eigenvalue weighted by Crippen LogP contribution is -2.20. The predicted molar refractivity (Wildman–Crippen MR) is 68.9 cm³/mol. The van der Waals surface area contributed by atoms with E-state index in [1.165, 1.54) is 18.4 Å². The molecule has 1 N–H and O–H groups in total. The van der Waals surface area contributed by atoms with Crippen molar-refractivity contribution < 1.29 is 9.90 Å². The summed E-state index contributed by atoms with van der Waals surface area (Å²) < 4.78 is 0. The van der Waals surface area contributed by atoms with Gasteiger partial charge < -0.3 is 10.0 Å². The molecule has 0 radical (unpaired) electrons. The number of hydrogen-bond donors (Lipinski definition) is 1. The molecule has 17 heavy (non-hydrogen) atoms. The Labute approximate surface area is 102 Å². The maximum absolute atomic E-state index is 11.0. The summed E-state index contributed by atoms with van der Waals surface area (Å²) >= 11 is 0. The molecule has 3 nitrogen and oxygen atoms in total. The number of aromatic carboxylic acids is 1. The Morgan fingerprint density at radius 1 is 1.29 bits per heavy atom. The molecule has 0 aromatic heterocycles. The third kappa shape index (κ3) is 2.43. The van der Waals surface area contributed by atoms with Crippen molar-refractivity contribution in [2.75, 3.05) is 18.0 Å². The van der Waals surface area contributed by atoms with Crippen molar-refractivity contribution in [1.82, 2.24) is 0 Å². The first-order chi connectivity index (χ1) is 8.09. The fraction of sp³-hybridized carbons (Fsp3) is 0.500. The molecule has 0 spiro atoms. The van der Waals surface area contributed by atoms with Gasteiger partial charge in [0.2, 0.25) is 0 Å². The van der Waals surface area contributed by atoms with Crippen LogP contribution in [0.2, 0.25) is 0 Å². The molecule has 1 heterocycles. The van der Waals surface area contributed by atoms with E-state index in [9.17, 15) is 4.79 Å². The largest absolute Gasteiger partial charge is 0.478 e. The van der Waals surface area contributed by atoms with Gasteiger partial charge in [0.25, 0.3) is 0 Å². The van der Waals surface area contributed by atoms with E-state index in [0.717, 1.165) is 18.8 Å². The minimum atomic E-state index is -0.847. The molecule has 2 rings (SSSR count). The number of carboxylic acids is 1. The van der Waals surface area contributed by atoms with E-state index in [1.807, 2.05) is 12.1 Å². The van der Waals surface area contributed by atoms with Crippen molar-refractivity contribution in [3.05, 3.63) is 29.3 Å². The minimum Gasteiger partial charge on any atom is -0.478 e. The molecule has 1 aromatic rings. The van der Waals surface area contributed by atoms with Crippen molar-refractivity contribution in [2.45, 2.75) is 32.6 Å². The van der Waals surface area contributed by atoms with E-state index in [1.54, 1.807) is 6.07 Å². The minimum absolute atomic E-state index is 0.385. The topological polar surface area (TPSA) is 40.5 Å². The Morgan fingerprint density at radius 3 is 2.47 bits per heavy atom. The van der Waals surface area contributed by atoms with Crippen molar-refractivity contribution in [3.8, 4) is 0 Å². The van der Waals surface area contributed by atoms with Crippen LogP contribution in [0.3, 0.4) is 0 Å². The summed E-state index contributed by atoms with van der Waals surface area (Å²) in [7, 11) is 0. The highest BCUT2D eigenvalue weighted by Gasteiger charge is 2.18. The van der Waals surface area contributed by atoms with Crippen LogP contribution in [0.15, 0.2) is 18.2 Å². The number of carboxylic acid groups (broad SMARTS) is 1. The van der Waals surface area contributed by atoms with Crippen LogP contribution in [0.1, 0.15) is 48.5 Å². The van der Waals surface area contributed by atoms with E-state index >= 15 is 0 Å². The van der Waals surface area contributed by atoms with Gasteiger partial charge in [-0.2, -0.15) is 0 Å². The van der Waals surface area contributed by atoms with E-state index in [2.05, 4.69) is 18.7 Å². The average molecular weight is 233 g/mol. The van der Waals surface area contributed by atoms with Crippen LogP contribution in [0.4, 0.5) is 5.69 Å². The lowest BCUT2D eigenvalue weighted by atomic mass is 9.98. The van der Waals surface area contributed by atoms with E-state index in [4.69, 9.17) is 5.11 Å². The average Bonchev–Trinajstić information content (AvgIpc) is 2.81. The first kappa shape index (κ1) is 12.0. The van der Waals surface area contributed by atoms with Gasteiger partial charge >= 0.3 is 5.97 Å². The zero-order valence-corrected chi connectivity index (χ0v) is 10.4. The van der Waals surface area contributed by atoms with Gasteiger partial charge in [0.1, 0.15) is 0 Å². The number of rotatable bonds is 3. The lowest BCUT2D eigenvalue weighted by molar-refractivity contribution is 0.0697. The predicted octanol–water partition coefficient (Wildman–Crippen LogP) is 3.11. The summed E-state index contributed by atoms with van der Waals surface area (Å²) in [5.41, 5.74) is 2.74. The van der Waals surface area contributed by atoms with Crippen molar-refractivity contribution in [2.24, 2.45) is 0 Å². The fourth-order valence-electron chi connectivity index (χ4n) is 2.40. The summed E-state index contributed by atoms with van der Waals surface area (Å²) in [4.78, 5) is 13.3. The molecule has 3 heteroatoms. The first-order valence-electron chi connectivity index (χ1n) is 6.22. The molecule has 1 aromatic carbocycles. The second-order valence-corrected chi connectivity index (χ2v) is 4.93. The molecule has 1 saturated heterocycles. The Balaban J connectivity index is 2.43. The molecule has 1 aliphatic rings. The monoisotopic (exact) mass is 233 g/mol. The van der Waals surface area contributed by atoms with Gasteiger partial charge in [0.15, 0.2) is 0 Å². The van der Waals surface area contributed by atoms with E-state index < -0.39 is 5.97 Å². The van der Waals surface area contributed by atoms with Crippen LogP contribution in [0.5, 0.6) is 0 Å². The standard InChI is InChI=1S/C14H19NO2/c1-10(2)12-6-5-11(14(16)17)9-13(12)15-7-3-4-8-15/h5-6,9-10H,3-4,7-8H2,1-2H3,(H,16,17). The first-order valence-corrected chi connectivity index (χ1v) is 6.22. The summed E-state index contributed by atoms with van der Waals surface area (Å²) in [5.74, 6) is -0.422. The van der Waals surface area contributed by atoms with Gasteiger partial charge in [-0.15, -0.1) is 0 Å².